The van der Waals surface area contributed by atoms with Gasteiger partial charge < -0.3 is 11.1 Å². The lowest BCUT2D eigenvalue weighted by Crippen LogP contribution is -2.17. The molecular weight excluding hydrogens is 290 g/mol. The molecule has 2 rings (SSSR count). The minimum absolute atomic E-state index is 0.710. The van der Waals surface area contributed by atoms with E-state index in [1.807, 2.05) is 6.07 Å². The van der Waals surface area contributed by atoms with E-state index in [9.17, 15) is 0 Å². The van der Waals surface area contributed by atoms with E-state index in [1.165, 1.54) is 32.1 Å². The summed E-state index contributed by atoms with van der Waals surface area (Å²) in [6.45, 7) is 3.34. The Hall–Kier alpha value is -0.770. The van der Waals surface area contributed by atoms with E-state index < -0.39 is 0 Å². The number of rotatable bonds is 4. The van der Waals surface area contributed by atoms with Crippen LogP contribution in [0.25, 0.3) is 0 Å². The molecule has 1 aliphatic rings. The fraction of sp³-hybridized carbons (Fsp3) is 0.643. The second-order valence-electron chi connectivity index (χ2n) is 5.44. The maximum atomic E-state index is 5.91. The Kier molecular flexibility index (Phi) is 4.87. The van der Waals surface area contributed by atoms with Gasteiger partial charge in [-0.2, -0.15) is 0 Å². The Morgan fingerprint density at radius 2 is 2.33 bits per heavy atom. The first kappa shape index (κ1) is 13.7. The predicted octanol–water partition coefficient (Wildman–Crippen LogP) is 4.05. The van der Waals surface area contributed by atoms with Gasteiger partial charge in [-0.15, -0.1) is 0 Å². The summed E-state index contributed by atoms with van der Waals surface area (Å²) >= 11 is 3.36. The molecule has 1 aliphatic carbocycles. The molecule has 0 saturated heterocycles. The lowest BCUT2D eigenvalue weighted by atomic mass is 9.81. The molecule has 0 aliphatic heterocycles. The summed E-state index contributed by atoms with van der Waals surface area (Å²) in [6, 6.07) is 1.89. The van der Waals surface area contributed by atoms with E-state index in [-0.39, 0.29) is 0 Å². The highest BCUT2D eigenvalue weighted by atomic mass is 79.9. The van der Waals surface area contributed by atoms with Gasteiger partial charge in [-0.3, -0.25) is 0 Å². The van der Waals surface area contributed by atoms with Crippen molar-refractivity contribution in [3.05, 3.63) is 16.7 Å². The van der Waals surface area contributed by atoms with Gasteiger partial charge in [0.25, 0.3) is 0 Å². The summed E-state index contributed by atoms with van der Waals surface area (Å²) < 4.78 is 0.923. The molecule has 2 atom stereocenters. The van der Waals surface area contributed by atoms with Gasteiger partial charge in [-0.05, 0) is 46.7 Å². The second kappa shape index (κ2) is 6.41. The van der Waals surface area contributed by atoms with Gasteiger partial charge in [0.15, 0.2) is 0 Å². The van der Waals surface area contributed by atoms with Crippen molar-refractivity contribution >= 4 is 27.4 Å². The van der Waals surface area contributed by atoms with E-state index in [4.69, 9.17) is 5.73 Å². The van der Waals surface area contributed by atoms with Gasteiger partial charge in [0.1, 0.15) is 5.82 Å². The van der Waals surface area contributed by atoms with Crippen LogP contribution in [0.15, 0.2) is 16.7 Å². The van der Waals surface area contributed by atoms with Gasteiger partial charge in [-0.1, -0.05) is 26.2 Å². The normalized spacial score (nSPS) is 23.9. The number of hydrogen-bond donors (Lipinski definition) is 2. The third-order valence-electron chi connectivity index (χ3n) is 3.77. The molecule has 1 heterocycles. The lowest BCUT2D eigenvalue weighted by molar-refractivity contribution is 0.274. The van der Waals surface area contributed by atoms with Crippen molar-refractivity contribution in [2.45, 2.75) is 39.0 Å². The maximum Gasteiger partial charge on any atom is 0.149 e. The molecular formula is C14H22BrN3. The zero-order valence-corrected chi connectivity index (χ0v) is 12.5. The van der Waals surface area contributed by atoms with Crippen LogP contribution < -0.4 is 11.1 Å². The van der Waals surface area contributed by atoms with Crippen LogP contribution >= 0.6 is 15.9 Å². The topological polar surface area (TPSA) is 50.9 Å². The Labute approximate surface area is 118 Å². The number of nitrogen functional groups attached to an aromatic ring is 1. The van der Waals surface area contributed by atoms with Crippen LogP contribution in [0.1, 0.15) is 39.0 Å². The highest BCUT2D eigenvalue weighted by Crippen LogP contribution is 2.30. The van der Waals surface area contributed by atoms with Gasteiger partial charge in [-0.25, -0.2) is 4.98 Å². The van der Waals surface area contributed by atoms with Crippen LogP contribution in [-0.2, 0) is 0 Å². The van der Waals surface area contributed by atoms with E-state index in [1.54, 1.807) is 6.20 Å². The van der Waals surface area contributed by atoms with Gasteiger partial charge in [0.05, 0.1) is 5.69 Å². The zero-order valence-electron chi connectivity index (χ0n) is 11.0. The van der Waals surface area contributed by atoms with E-state index in [0.29, 0.717) is 5.69 Å². The van der Waals surface area contributed by atoms with Gasteiger partial charge >= 0.3 is 0 Å². The zero-order chi connectivity index (χ0) is 13.0. The summed E-state index contributed by atoms with van der Waals surface area (Å²) in [6.07, 6.45) is 8.57. The molecule has 1 aromatic rings. The highest BCUT2D eigenvalue weighted by molar-refractivity contribution is 9.10. The molecule has 0 aromatic carbocycles. The number of nitrogens with one attached hydrogen (secondary N) is 1. The smallest absolute Gasteiger partial charge is 0.149 e. The van der Waals surface area contributed by atoms with Crippen LogP contribution in [-0.4, -0.2) is 11.5 Å². The third-order valence-corrected chi connectivity index (χ3v) is 4.21. The molecule has 3 nitrogen and oxygen atoms in total. The SMILES string of the molecule is CC1CCCC(CCNc2ncc(Br)cc2N)C1. The van der Waals surface area contributed by atoms with Crippen LogP contribution in [0.3, 0.4) is 0 Å². The number of halogens is 1. The largest absolute Gasteiger partial charge is 0.396 e. The Bertz CT molecular complexity index is 395. The second-order valence-corrected chi connectivity index (χ2v) is 6.36. The molecule has 4 heteroatoms. The maximum absolute atomic E-state index is 5.91. The van der Waals surface area contributed by atoms with Crippen molar-refractivity contribution in [1.82, 2.24) is 4.98 Å². The van der Waals surface area contributed by atoms with Gasteiger partial charge in [0.2, 0.25) is 0 Å². The molecule has 1 fully saturated rings. The summed E-state index contributed by atoms with van der Waals surface area (Å²) in [7, 11) is 0. The van der Waals surface area contributed by atoms with E-state index in [2.05, 4.69) is 33.2 Å². The summed E-state index contributed by atoms with van der Waals surface area (Å²) in [5.41, 5.74) is 6.62. The predicted molar refractivity (Wildman–Crippen MR) is 80.6 cm³/mol. The lowest BCUT2D eigenvalue weighted by Gasteiger charge is -2.26. The van der Waals surface area contributed by atoms with E-state index in [0.717, 1.165) is 28.7 Å². The number of nitrogens with zero attached hydrogens (tertiary/aromatic N) is 1. The molecule has 0 spiro atoms. The van der Waals surface area contributed by atoms with Crippen LogP contribution in [0.2, 0.25) is 0 Å². The summed E-state index contributed by atoms with van der Waals surface area (Å²) in [5.74, 6) is 2.58. The minimum Gasteiger partial charge on any atom is -0.396 e. The number of pyridine rings is 1. The average molecular weight is 312 g/mol. The number of aromatic nitrogens is 1. The van der Waals surface area contributed by atoms with Crippen molar-refractivity contribution in [1.29, 1.82) is 0 Å². The number of nitrogens with two attached hydrogens (primary N) is 1. The van der Waals surface area contributed by atoms with E-state index >= 15 is 0 Å². The quantitative estimate of drug-likeness (QED) is 0.881. The van der Waals surface area contributed by atoms with Crippen molar-refractivity contribution < 1.29 is 0 Å². The first-order valence-corrected chi connectivity index (χ1v) is 7.59. The van der Waals surface area contributed by atoms with Crippen LogP contribution in [0.4, 0.5) is 11.5 Å². The van der Waals surface area contributed by atoms with Gasteiger partial charge in [0, 0.05) is 17.2 Å². The Balaban J connectivity index is 1.77. The minimum atomic E-state index is 0.710. The molecule has 1 saturated carbocycles. The standard InChI is InChI=1S/C14H22BrN3/c1-10-3-2-4-11(7-10)5-6-17-14-13(16)8-12(15)9-18-14/h8-11H,2-7,16H2,1H3,(H,17,18). The van der Waals surface area contributed by atoms with Crippen molar-refractivity contribution in [3.63, 3.8) is 0 Å². The molecule has 18 heavy (non-hydrogen) atoms. The molecule has 1 aromatic heterocycles. The van der Waals surface area contributed by atoms with Crippen molar-refractivity contribution in [2.24, 2.45) is 11.8 Å². The number of anilines is 2. The Morgan fingerprint density at radius 3 is 3.06 bits per heavy atom. The molecule has 2 unspecified atom stereocenters. The van der Waals surface area contributed by atoms with Crippen molar-refractivity contribution in [3.8, 4) is 0 Å². The highest BCUT2D eigenvalue weighted by Gasteiger charge is 2.18. The fourth-order valence-corrected chi connectivity index (χ4v) is 3.17. The Morgan fingerprint density at radius 1 is 1.50 bits per heavy atom. The summed E-state index contributed by atoms with van der Waals surface area (Å²) in [5, 5.41) is 3.35. The van der Waals surface area contributed by atoms with Crippen molar-refractivity contribution in [2.75, 3.05) is 17.6 Å². The fourth-order valence-electron chi connectivity index (χ4n) is 2.82. The first-order valence-electron chi connectivity index (χ1n) is 6.80. The molecule has 0 bridgehead atoms. The third kappa shape index (κ3) is 3.87. The van der Waals surface area contributed by atoms with Crippen LogP contribution in [0, 0.1) is 11.8 Å². The molecule has 3 N–H and O–H groups in total. The molecule has 0 amide bonds. The van der Waals surface area contributed by atoms with Crippen LogP contribution in [0.5, 0.6) is 0 Å². The monoisotopic (exact) mass is 311 g/mol. The molecule has 0 radical (unpaired) electrons. The molecule has 100 valence electrons. The average Bonchev–Trinajstić information content (AvgIpc) is 2.32. The number of hydrogen-bond acceptors (Lipinski definition) is 3. The first-order chi connectivity index (χ1) is 8.65. The summed E-state index contributed by atoms with van der Waals surface area (Å²) in [4.78, 5) is 4.29.